The number of pyridine rings is 1. The molecule has 24 heavy (non-hydrogen) atoms. The molecule has 0 radical (unpaired) electrons. The molecule has 124 valence electrons. The van der Waals surface area contributed by atoms with E-state index in [-0.39, 0.29) is 17.9 Å². The van der Waals surface area contributed by atoms with Crippen LogP contribution in [0.5, 0.6) is 0 Å². The summed E-state index contributed by atoms with van der Waals surface area (Å²) in [6.45, 7) is 2.74. The number of benzene rings is 1. The van der Waals surface area contributed by atoms with Gasteiger partial charge in [-0.15, -0.1) is 0 Å². The number of hydrogen-bond donors (Lipinski definition) is 0. The van der Waals surface area contributed by atoms with Crippen molar-refractivity contribution in [1.82, 2.24) is 4.98 Å². The maximum absolute atomic E-state index is 11.8. The molecule has 5 nitrogen and oxygen atoms in total. The van der Waals surface area contributed by atoms with Gasteiger partial charge in [0.1, 0.15) is 6.07 Å². The summed E-state index contributed by atoms with van der Waals surface area (Å²) < 4.78 is 4.87. The number of fused-ring (bicyclic) bond motifs is 1. The maximum atomic E-state index is 11.8. The number of nitrogens with zero attached hydrogens (tertiary/aromatic N) is 3. The lowest BCUT2D eigenvalue weighted by molar-refractivity contribution is -0.146. The number of esters is 1. The van der Waals surface area contributed by atoms with E-state index in [9.17, 15) is 10.1 Å². The van der Waals surface area contributed by atoms with Gasteiger partial charge in [0.05, 0.1) is 29.8 Å². The lowest BCUT2D eigenvalue weighted by Gasteiger charge is -2.39. The second-order valence-electron chi connectivity index (χ2n) is 6.08. The van der Waals surface area contributed by atoms with Crippen molar-refractivity contribution in [3.8, 4) is 6.07 Å². The number of carbonyl (C=O) groups excluding carboxylic acids is 1. The molecule has 1 aliphatic rings. The fraction of sp³-hybridized carbons (Fsp3) is 0.389. The van der Waals surface area contributed by atoms with Gasteiger partial charge in [0.15, 0.2) is 0 Å². The molecule has 1 aromatic heterocycles. The first-order chi connectivity index (χ1) is 11.5. The SMILES string of the molecule is COC(=O)[C@H]1CCN(c2c(C#N)cnc3ccc(Cl)cc23)[C@@H](C)C1. The minimum Gasteiger partial charge on any atom is -0.469 e. The van der Waals surface area contributed by atoms with Crippen molar-refractivity contribution >= 4 is 34.2 Å². The molecule has 1 aromatic carbocycles. The first-order valence-electron chi connectivity index (χ1n) is 7.88. The number of nitriles is 1. The molecule has 0 spiro atoms. The van der Waals surface area contributed by atoms with E-state index in [4.69, 9.17) is 16.3 Å². The van der Waals surface area contributed by atoms with Crippen LogP contribution in [0.15, 0.2) is 24.4 Å². The summed E-state index contributed by atoms with van der Waals surface area (Å²) in [5.41, 5.74) is 2.17. The molecule has 0 unspecified atom stereocenters. The van der Waals surface area contributed by atoms with Crippen molar-refractivity contribution in [1.29, 1.82) is 5.26 Å². The average Bonchev–Trinajstić information content (AvgIpc) is 2.60. The van der Waals surface area contributed by atoms with Gasteiger partial charge in [-0.2, -0.15) is 5.26 Å². The first kappa shape index (κ1) is 16.5. The van der Waals surface area contributed by atoms with E-state index in [0.717, 1.165) is 16.6 Å². The second kappa shape index (κ2) is 6.66. The van der Waals surface area contributed by atoms with Crippen molar-refractivity contribution in [2.45, 2.75) is 25.8 Å². The van der Waals surface area contributed by atoms with Crippen molar-refractivity contribution < 1.29 is 9.53 Å². The molecule has 1 aliphatic heterocycles. The Labute approximate surface area is 145 Å². The highest BCUT2D eigenvalue weighted by atomic mass is 35.5. The average molecular weight is 344 g/mol. The summed E-state index contributed by atoms with van der Waals surface area (Å²) in [7, 11) is 1.42. The molecule has 2 heterocycles. The lowest BCUT2D eigenvalue weighted by Crippen LogP contribution is -2.43. The van der Waals surface area contributed by atoms with Crippen molar-refractivity contribution in [3.63, 3.8) is 0 Å². The molecule has 0 bridgehead atoms. The van der Waals surface area contributed by atoms with E-state index in [1.165, 1.54) is 7.11 Å². The fourth-order valence-corrected chi connectivity index (χ4v) is 3.60. The van der Waals surface area contributed by atoms with Crippen molar-refractivity contribution in [2.75, 3.05) is 18.6 Å². The van der Waals surface area contributed by atoms with Crippen LogP contribution in [0, 0.1) is 17.2 Å². The molecular weight excluding hydrogens is 326 g/mol. The molecule has 1 fully saturated rings. The van der Waals surface area contributed by atoms with Gasteiger partial charge in [0.2, 0.25) is 0 Å². The number of carbonyl (C=O) groups is 1. The van der Waals surface area contributed by atoms with Gasteiger partial charge in [-0.05, 0) is 38.0 Å². The number of hydrogen-bond acceptors (Lipinski definition) is 5. The van der Waals surface area contributed by atoms with E-state index in [0.29, 0.717) is 30.0 Å². The number of anilines is 1. The zero-order valence-electron chi connectivity index (χ0n) is 13.6. The minimum absolute atomic E-state index is 0.0940. The Bertz CT molecular complexity index is 831. The molecule has 0 saturated carbocycles. The Kier molecular flexibility index (Phi) is 4.59. The third kappa shape index (κ3) is 2.90. The molecule has 0 amide bonds. The summed E-state index contributed by atoms with van der Waals surface area (Å²) in [4.78, 5) is 18.3. The van der Waals surface area contributed by atoms with Crippen LogP contribution in [0.25, 0.3) is 10.9 Å². The Balaban J connectivity index is 2.04. The number of aromatic nitrogens is 1. The second-order valence-corrected chi connectivity index (χ2v) is 6.52. The van der Waals surface area contributed by atoms with E-state index in [1.54, 1.807) is 12.3 Å². The van der Waals surface area contributed by atoms with Gasteiger partial charge in [0.25, 0.3) is 0 Å². The van der Waals surface area contributed by atoms with Crippen molar-refractivity contribution in [3.05, 3.63) is 35.0 Å². The zero-order chi connectivity index (χ0) is 17.3. The topological polar surface area (TPSA) is 66.2 Å². The molecule has 0 N–H and O–H groups in total. The van der Waals surface area contributed by atoms with Gasteiger partial charge in [0, 0.05) is 29.2 Å². The Morgan fingerprint density at radius 1 is 1.50 bits per heavy atom. The van der Waals surface area contributed by atoms with Crippen LogP contribution in [-0.2, 0) is 9.53 Å². The van der Waals surface area contributed by atoms with Gasteiger partial charge < -0.3 is 9.64 Å². The lowest BCUT2D eigenvalue weighted by atomic mass is 9.90. The van der Waals surface area contributed by atoms with Gasteiger partial charge in [-0.1, -0.05) is 11.6 Å². The minimum atomic E-state index is -0.162. The van der Waals surface area contributed by atoms with Gasteiger partial charge in [-0.3, -0.25) is 9.78 Å². The van der Waals surface area contributed by atoms with Crippen LogP contribution in [0.2, 0.25) is 5.02 Å². The van der Waals surface area contributed by atoms with Gasteiger partial charge >= 0.3 is 5.97 Å². The number of methoxy groups -OCH3 is 1. The number of ether oxygens (including phenoxy) is 1. The Morgan fingerprint density at radius 3 is 2.96 bits per heavy atom. The largest absolute Gasteiger partial charge is 0.469 e. The van der Waals surface area contributed by atoms with E-state index < -0.39 is 0 Å². The summed E-state index contributed by atoms with van der Waals surface area (Å²) in [5.74, 6) is -0.256. The highest BCUT2D eigenvalue weighted by Crippen LogP contribution is 2.36. The predicted molar refractivity (Wildman–Crippen MR) is 93.0 cm³/mol. The first-order valence-corrected chi connectivity index (χ1v) is 8.25. The molecule has 0 aliphatic carbocycles. The molecule has 2 atom stereocenters. The Hall–Kier alpha value is -2.32. The monoisotopic (exact) mass is 343 g/mol. The third-order valence-corrected chi connectivity index (χ3v) is 4.86. The standard InChI is InChI=1S/C18H18ClN3O2/c1-11-7-12(18(23)24-2)5-6-22(11)17-13(9-20)10-21-16-4-3-14(19)8-15(16)17/h3-4,8,10-12H,5-7H2,1-2H3/t11-,12-/m0/s1. The van der Waals surface area contributed by atoms with Crippen LogP contribution < -0.4 is 4.90 Å². The smallest absolute Gasteiger partial charge is 0.308 e. The summed E-state index contributed by atoms with van der Waals surface area (Å²) in [6, 6.07) is 7.84. The normalized spacial score (nSPS) is 20.7. The van der Waals surface area contributed by atoms with Gasteiger partial charge in [-0.25, -0.2) is 0 Å². The zero-order valence-corrected chi connectivity index (χ0v) is 14.4. The van der Waals surface area contributed by atoms with E-state index in [1.807, 2.05) is 12.1 Å². The van der Waals surface area contributed by atoms with Crippen LogP contribution in [0.4, 0.5) is 5.69 Å². The third-order valence-electron chi connectivity index (χ3n) is 4.62. The predicted octanol–water partition coefficient (Wildman–Crippen LogP) is 3.54. The molecular formula is C18H18ClN3O2. The van der Waals surface area contributed by atoms with Crippen LogP contribution >= 0.6 is 11.6 Å². The number of halogens is 1. The maximum Gasteiger partial charge on any atom is 0.308 e. The molecule has 3 rings (SSSR count). The van der Waals surface area contributed by atoms with Crippen LogP contribution in [-0.4, -0.2) is 30.6 Å². The molecule has 6 heteroatoms. The van der Waals surface area contributed by atoms with E-state index >= 15 is 0 Å². The quantitative estimate of drug-likeness (QED) is 0.780. The molecule has 2 aromatic rings. The Morgan fingerprint density at radius 2 is 2.29 bits per heavy atom. The molecule has 1 saturated heterocycles. The fourth-order valence-electron chi connectivity index (χ4n) is 3.43. The van der Waals surface area contributed by atoms with Crippen LogP contribution in [0.3, 0.4) is 0 Å². The number of rotatable bonds is 2. The highest BCUT2D eigenvalue weighted by molar-refractivity contribution is 6.31. The van der Waals surface area contributed by atoms with E-state index in [2.05, 4.69) is 22.9 Å². The summed E-state index contributed by atoms with van der Waals surface area (Å²) in [5, 5.41) is 11.0. The summed E-state index contributed by atoms with van der Waals surface area (Å²) >= 11 is 6.15. The number of piperidine rings is 1. The van der Waals surface area contributed by atoms with Crippen LogP contribution in [0.1, 0.15) is 25.3 Å². The highest BCUT2D eigenvalue weighted by Gasteiger charge is 2.32. The van der Waals surface area contributed by atoms with Crippen molar-refractivity contribution in [2.24, 2.45) is 5.92 Å². The summed E-state index contributed by atoms with van der Waals surface area (Å²) in [6.07, 6.45) is 3.00.